The molecule has 0 aliphatic carbocycles. The second-order valence-electron chi connectivity index (χ2n) is 7.86. The molecule has 5 rings (SSSR count). The summed E-state index contributed by atoms with van der Waals surface area (Å²) in [7, 11) is 0. The third kappa shape index (κ3) is 4.80. The zero-order valence-electron chi connectivity index (χ0n) is 18.3. The number of ether oxygens (including phenoxy) is 1. The van der Waals surface area contributed by atoms with Gasteiger partial charge in [-0.25, -0.2) is 4.98 Å². The summed E-state index contributed by atoms with van der Waals surface area (Å²) in [5.41, 5.74) is 5.17. The predicted octanol–water partition coefficient (Wildman–Crippen LogP) is 6.19. The predicted molar refractivity (Wildman–Crippen MR) is 134 cm³/mol. The first-order valence-corrected chi connectivity index (χ1v) is 11.3. The van der Waals surface area contributed by atoms with Crippen molar-refractivity contribution in [2.24, 2.45) is 0 Å². The average molecular weight is 468 g/mol. The monoisotopic (exact) mass is 467 g/mol. The third-order valence-corrected chi connectivity index (χ3v) is 5.94. The highest BCUT2D eigenvalue weighted by Gasteiger charge is 2.11. The van der Waals surface area contributed by atoms with Gasteiger partial charge < -0.3 is 10.1 Å². The lowest BCUT2D eigenvalue weighted by atomic mass is 10.1. The number of amides is 1. The molecule has 0 aliphatic rings. The Hall–Kier alpha value is -4.09. The summed E-state index contributed by atoms with van der Waals surface area (Å²) in [4.78, 5) is 17.1. The highest BCUT2D eigenvalue weighted by atomic mass is 35.5. The maximum Gasteiger partial charge on any atom is 0.251 e. The van der Waals surface area contributed by atoms with E-state index in [-0.39, 0.29) is 5.91 Å². The van der Waals surface area contributed by atoms with Crippen LogP contribution in [0.3, 0.4) is 0 Å². The lowest BCUT2D eigenvalue weighted by Crippen LogP contribution is -2.22. The van der Waals surface area contributed by atoms with Gasteiger partial charge in [-0.3, -0.25) is 9.36 Å². The topological polar surface area (TPSA) is 56.2 Å². The normalized spacial score (nSPS) is 10.9. The van der Waals surface area contributed by atoms with Gasteiger partial charge in [-0.1, -0.05) is 60.1 Å². The number of rotatable bonds is 7. The van der Waals surface area contributed by atoms with Crippen LogP contribution in [0, 0.1) is 0 Å². The van der Waals surface area contributed by atoms with Crippen molar-refractivity contribution in [3.05, 3.63) is 125 Å². The molecule has 4 aromatic carbocycles. The first-order chi connectivity index (χ1) is 16.7. The van der Waals surface area contributed by atoms with Gasteiger partial charge in [-0.2, -0.15) is 0 Å². The molecule has 0 fully saturated rings. The van der Waals surface area contributed by atoms with Gasteiger partial charge in [-0.05, 0) is 59.7 Å². The molecular weight excluding hydrogens is 446 g/mol. The molecule has 5 aromatic rings. The third-order valence-electron chi connectivity index (χ3n) is 5.57. The second kappa shape index (κ2) is 9.81. The Bertz CT molecular complexity index is 1430. The quantitative estimate of drug-likeness (QED) is 0.310. The zero-order valence-corrected chi connectivity index (χ0v) is 19.1. The number of halogens is 1. The molecule has 168 valence electrons. The number of benzene rings is 4. The van der Waals surface area contributed by atoms with E-state index in [1.165, 1.54) is 0 Å². The van der Waals surface area contributed by atoms with E-state index in [1.54, 1.807) is 18.5 Å². The van der Waals surface area contributed by atoms with Gasteiger partial charge in [0.2, 0.25) is 0 Å². The summed E-state index contributed by atoms with van der Waals surface area (Å²) in [5.74, 6) is 0.630. The van der Waals surface area contributed by atoms with Crippen molar-refractivity contribution in [1.29, 1.82) is 0 Å². The second-order valence-corrected chi connectivity index (χ2v) is 8.27. The highest BCUT2D eigenvalue weighted by Crippen LogP contribution is 2.22. The molecule has 0 saturated heterocycles. The lowest BCUT2D eigenvalue weighted by molar-refractivity contribution is 0.0951. The Morgan fingerprint density at radius 3 is 2.47 bits per heavy atom. The molecule has 1 N–H and O–H groups in total. The van der Waals surface area contributed by atoms with E-state index in [0.29, 0.717) is 23.7 Å². The molecule has 0 atom stereocenters. The van der Waals surface area contributed by atoms with Crippen LogP contribution in [-0.2, 0) is 13.2 Å². The van der Waals surface area contributed by atoms with Crippen molar-refractivity contribution >= 4 is 28.5 Å². The Kier molecular flexibility index (Phi) is 6.27. The van der Waals surface area contributed by atoms with E-state index in [0.717, 1.165) is 33.6 Å². The number of nitrogens with zero attached hydrogens (tertiary/aromatic N) is 2. The van der Waals surface area contributed by atoms with Crippen molar-refractivity contribution < 1.29 is 9.53 Å². The Morgan fingerprint density at radius 1 is 0.912 bits per heavy atom. The molecular formula is C28H22ClN3O2. The molecule has 1 aromatic heterocycles. The largest absolute Gasteiger partial charge is 0.489 e. The Labute approximate surface area is 202 Å². The van der Waals surface area contributed by atoms with Gasteiger partial charge in [0.25, 0.3) is 5.91 Å². The number of aromatic nitrogens is 2. The fourth-order valence-electron chi connectivity index (χ4n) is 3.72. The first kappa shape index (κ1) is 21.7. The first-order valence-electron chi connectivity index (χ1n) is 10.9. The van der Waals surface area contributed by atoms with E-state index < -0.39 is 0 Å². The maximum atomic E-state index is 12.6. The van der Waals surface area contributed by atoms with E-state index in [4.69, 9.17) is 16.3 Å². The van der Waals surface area contributed by atoms with Crippen molar-refractivity contribution in [3.8, 4) is 11.4 Å². The zero-order chi connectivity index (χ0) is 23.3. The average Bonchev–Trinajstić information content (AvgIpc) is 3.31. The van der Waals surface area contributed by atoms with Gasteiger partial charge in [0.15, 0.2) is 0 Å². The minimum Gasteiger partial charge on any atom is -0.489 e. The minimum absolute atomic E-state index is 0.170. The van der Waals surface area contributed by atoms with E-state index >= 15 is 0 Å². The maximum absolute atomic E-state index is 12.6. The fraction of sp³-hybridized carbons (Fsp3) is 0.0714. The molecule has 0 aliphatic heterocycles. The van der Waals surface area contributed by atoms with Gasteiger partial charge in [0, 0.05) is 22.8 Å². The number of imidazole rings is 1. The summed E-state index contributed by atoms with van der Waals surface area (Å²) in [6, 6.07) is 30.9. The van der Waals surface area contributed by atoms with Crippen LogP contribution in [0.4, 0.5) is 0 Å². The molecule has 0 saturated carbocycles. The SMILES string of the molecule is O=C(NCc1ccccc1Cl)c1ccc2c(c1)ncn2-c1ccc(OCc2ccccc2)cc1. The molecule has 0 bridgehead atoms. The number of nitrogens with one attached hydrogen (secondary N) is 1. The fourth-order valence-corrected chi connectivity index (χ4v) is 3.93. The van der Waals surface area contributed by atoms with Gasteiger partial charge >= 0.3 is 0 Å². The number of hydrogen-bond acceptors (Lipinski definition) is 3. The van der Waals surface area contributed by atoms with E-state index in [2.05, 4.69) is 10.3 Å². The van der Waals surface area contributed by atoms with Crippen molar-refractivity contribution in [2.75, 3.05) is 0 Å². The van der Waals surface area contributed by atoms with Crippen molar-refractivity contribution in [3.63, 3.8) is 0 Å². The summed E-state index contributed by atoms with van der Waals surface area (Å²) >= 11 is 6.18. The number of carbonyl (C=O) groups excluding carboxylic acids is 1. The van der Waals surface area contributed by atoms with Crippen LogP contribution in [-0.4, -0.2) is 15.5 Å². The van der Waals surface area contributed by atoms with Crippen LogP contribution >= 0.6 is 11.6 Å². The summed E-state index contributed by atoms with van der Waals surface area (Å²) in [6.45, 7) is 0.888. The minimum atomic E-state index is -0.170. The lowest BCUT2D eigenvalue weighted by Gasteiger charge is -2.09. The van der Waals surface area contributed by atoms with Crippen LogP contribution in [0.25, 0.3) is 16.7 Å². The summed E-state index contributed by atoms with van der Waals surface area (Å²) in [6.07, 6.45) is 1.76. The number of fused-ring (bicyclic) bond motifs is 1. The van der Waals surface area contributed by atoms with Crippen LogP contribution in [0.2, 0.25) is 5.02 Å². The highest BCUT2D eigenvalue weighted by molar-refractivity contribution is 6.31. The van der Waals surface area contributed by atoms with Crippen LogP contribution in [0.5, 0.6) is 5.75 Å². The smallest absolute Gasteiger partial charge is 0.251 e. The van der Waals surface area contributed by atoms with Gasteiger partial charge in [0.05, 0.1) is 11.0 Å². The molecule has 0 unspecified atom stereocenters. The van der Waals surface area contributed by atoms with Crippen LogP contribution in [0.15, 0.2) is 103 Å². The Morgan fingerprint density at radius 2 is 1.68 bits per heavy atom. The van der Waals surface area contributed by atoms with E-state index in [9.17, 15) is 4.79 Å². The van der Waals surface area contributed by atoms with Gasteiger partial charge in [0.1, 0.15) is 18.7 Å². The molecule has 1 amide bonds. The summed E-state index contributed by atoms with van der Waals surface area (Å²) in [5, 5.41) is 3.55. The molecule has 34 heavy (non-hydrogen) atoms. The Balaban J connectivity index is 1.28. The van der Waals surface area contributed by atoms with Gasteiger partial charge in [-0.15, -0.1) is 0 Å². The van der Waals surface area contributed by atoms with E-state index in [1.807, 2.05) is 89.5 Å². The molecule has 6 heteroatoms. The van der Waals surface area contributed by atoms with Crippen molar-refractivity contribution in [1.82, 2.24) is 14.9 Å². The van der Waals surface area contributed by atoms with Crippen LogP contribution in [0.1, 0.15) is 21.5 Å². The van der Waals surface area contributed by atoms with Crippen molar-refractivity contribution in [2.45, 2.75) is 13.2 Å². The standard InChI is InChI=1S/C28H22ClN3O2/c29-25-9-5-4-8-22(25)17-30-28(33)21-10-15-27-26(16-21)31-19-32(27)23-11-13-24(14-12-23)34-18-20-6-2-1-3-7-20/h1-16,19H,17-18H2,(H,30,33). The summed E-state index contributed by atoms with van der Waals surface area (Å²) < 4.78 is 7.87. The molecule has 1 heterocycles. The molecule has 0 spiro atoms. The number of hydrogen-bond donors (Lipinski definition) is 1. The molecule has 5 nitrogen and oxygen atoms in total. The number of carbonyl (C=O) groups is 1. The molecule has 0 radical (unpaired) electrons. The van der Waals surface area contributed by atoms with Crippen LogP contribution < -0.4 is 10.1 Å².